The Kier molecular flexibility index (Phi) is 4.53. The molecule has 0 bridgehead atoms. The standard InChI is InChI=1S/C11H11N3O7S2/c1-23(19,20)21-5-4-22-10-7(13-6(15)2-3-12)9(16)14(10)8(5)11(17)18/h7,10H,2,4H2,1H3,(H,13,15)(H,17,18)/t7?,10-/m1/s1. The Labute approximate surface area is 135 Å². The van der Waals surface area contributed by atoms with Crippen LogP contribution in [0.5, 0.6) is 0 Å². The minimum Gasteiger partial charge on any atom is -0.476 e. The van der Waals surface area contributed by atoms with E-state index in [1.165, 1.54) is 0 Å². The van der Waals surface area contributed by atoms with Gasteiger partial charge in [-0.1, -0.05) is 0 Å². The van der Waals surface area contributed by atoms with Gasteiger partial charge < -0.3 is 14.6 Å². The molecule has 0 aliphatic carbocycles. The second kappa shape index (κ2) is 6.09. The van der Waals surface area contributed by atoms with Gasteiger partial charge in [0.2, 0.25) is 5.91 Å². The molecule has 0 aromatic heterocycles. The van der Waals surface area contributed by atoms with E-state index < -0.39 is 51.4 Å². The maximum atomic E-state index is 12.1. The highest BCUT2D eigenvalue weighted by Crippen LogP contribution is 2.40. The normalized spacial score (nSPS) is 23.5. The van der Waals surface area contributed by atoms with Crippen LogP contribution in [0.15, 0.2) is 11.5 Å². The van der Waals surface area contributed by atoms with Crippen molar-refractivity contribution < 1.29 is 32.1 Å². The predicted octanol–water partition coefficient (Wildman–Crippen LogP) is -1.43. The molecule has 2 heterocycles. The van der Waals surface area contributed by atoms with Crippen LogP contribution in [0.2, 0.25) is 0 Å². The van der Waals surface area contributed by atoms with Crippen LogP contribution in [0.1, 0.15) is 6.42 Å². The highest BCUT2D eigenvalue weighted by molar-refractivity contribution is 8.00. The molecular formula is C11H11N3O7S2. The average Bonchev–Trinajstić information content (AvgIpc) is 2.42. The molecule has 1 unspecified atom stereocenters. The van der Waals surface area contributed by atoms with Gasteiger partial charge in [-0.2, -0.15) is 13.7 Å². The first-order valence-corrected chi connectivity index (χ1v) is 8.99. The number of nitriles is 1. The lowest BCUT2D eigenvalue weighted by Crippen LogP contribution is -2.70. The molecule has 2 amide bonds. The third-order valence-corrected chi connectivity index (χ3v) is 4.70. The van der Waals surface area contributed by atoms with Crippen LogP contribution in [0, 0.1) is 11.3 Å². The molecule has 0 spiro atoms. The van der Waals surface area contributed by atoms with Gasteiger partial charge in [-0.25, -0.2) is 4.79 Å². The van der Waals surface area contributed by atoms with Crippen LogP contribution in [-0.2, 0) is 28.7 Å². The molecule has 2 aliphatic rings. The summed E-state index contributed by atoms with van der Waals surface area (Å²) in [5.41, 5.74) is -0.560. The lowest BCUT2D eigenvalue weighted by atomic mass is 10.0. The summed E-state index contributed by atoms with van der Waals surface area (Å²) in [6, 6.07) is 0.671. The number of β-lactam (4-membered cyclic amide) rings is 1. The Morgan fingerprint density at radius 1 is 1.57 bits per heavy atom. The number of rotatable bonds is 5. The van der Waals surface area contributed by atoms with Gasteiger partial charge in [0.15, 0.2) is 11.5 Å². The van der Waals surface area contributed by atoms with E-state index >= 15 is 0 Å². The molecule has 2 atom stereocenters. The maximum Gasteiger partial charge on any atom is 0.356 e. The summed E-state index contributed by atoms with van der Waals surface area (Å²) >= 11 is 1.05. The van der Waals surface area contributed by atoms with E-state index in [-0.39, 0.29) is 11.5 Å². The predicted molar refractivity (Wildman–Crippen MR) is 75.8 cm³/mol. The van der Waals surface area contributed by atoms with Crippen LogP contribution in [-0.4, -0.2) is 59.6 Å². The van der Waals surface area contributed by atoms with Gasteiger partial charge in [-0.15, -0.1) is 11.8 Å². The van der Waals surface area contributed by atoms with E-state index in [0.29, 0.717) is 0 Å². The molecule has 12 heteroatoms. The molecule has 10 nitrogen and oxygen atoms in total. The molecule has 1 fully saturated rings. The number of aliphatic carboxylic acids is 1. The monoisotopic (exact) mass is 361 g/mol. The summed E-state index contributed by atoms with van der Waals surface area (Å²) in [4.78, 5) is 35.7. The summed E-state index contributed by atoms with van der Waals surface area (Å²) in [5.74, 6) is -3.31. The fraction of sp³-hybridized carbons (Fsp3) is 0.455. The quantitative estimate of drug-likeness (QED) is 0.443. The van der Waals surface area contributed by atoms with Crippen molar-refractivity contribution in [3.63, 3.8) is 0 Å². The van der Waals surface area contributed by atoms with Gasteiger partial charge in [-0.05, 0) is 0 Å². The zero-order chi connectivity index (χ0) is 17.4. The third kappa shape index (κ3) is 3.40. The van der Waals surface area contributed by atoms with E-state index in [2.05, 4.69) is 9.50 Å². The third-order valence-electron chi connectivity index (χ3n) is 2.94. The minimum absolute atomic E-state index is 0.0895. The van der Waals surface area contributed by atoms with Crippen LogP contribution >= 0.6 is 11.8 Å². The van der Waals surface area contributed by atoms with E-state index in [9.17, 15) is 27.9 Å². The summed E-state index contributed by atoms with van der Waals surface area (Å²) in [6.07, 6.45) is 0.338. The zero-order valence-electron chi connectivity index (χ0n) is 11.7. The SMILES string of the molecule is CS(=O)(=O)OC1=C(C(=O)O)N2C(=O)C(NC(=O)CC#N)[C@H]2SC1. The number of hydrogen-bond donors (Lipinski definition) is 2. The van der Waals surface area contributed by atoms with Crippen molar-refractivity contribution in [3.8, 4) is 6.07 Å². The molecule has 23 heavy (non-hydrogen) atoms. The first kappa shape index (κ1) is 17.1. The van der Waals surface area contributed by atoms with Gasteiger partial charge in [0.05, 0.1) is 18.1 Å². The van der Waals surface area contributed by atoms with Gasteiger partial charge in [-0.3, -0.25) is 14.5 Å². The van der Waals surface area contributed by atoms with Gasteiger partial charge in [0.1, 0.15) is 17.8 Å². The van der Waals surface area contributed by atoms with Gasteiger partial charge >= 0.3 is 16.1 Å². The van der Waals surface area contributed by atoms with Crippen molar-refractivity contribution in [2.75, 3.05) is 12.0 Å². The Balaban J connectivity index is 2.25. The fourth-order valence-electron chi connectivity index (χ4n) is 2.13. The van der Waals surface area contributed by atoms with E-state index in [1.807, 2.05) is 0 Å². The first-order valence-electron chi connectivity index (χ1n) is 6.12. The minimum atomic E-state index is -3.94. The number of carbonyl (C=O) groups excluding carboxylic acids is 2. The van der Waals surface area contributed by atoms with Crippen molar-refractivity contribution in [1.29, 1.82) is 5.26 Å². The molecule has 1 saturated heterocycles. The first-order chi connectivity index (χ1) is 10.7. The number of amides is 2. The molecule has 2 rings (SSSR count). The van der Waals surface area contributed by atoms with E-state index in [4.69, 9.17) is 5.26 Å². The molecule has 124 valence electrons. The Bertz CT molecular complexity index is 752. The van der Waals surface area contributed by atoms with Crippen LogP contribution < -0.4 is 5.32 Å². The maximum absolute atomic E-state index is 12.1. The number of thioether (sulfide) groups is 1. The lowest BCUT2D eigenvalue weighted by molar-refractivity contribution is -0.151. The molecule has 2 aliphatic heterocycles. The van der Waals surface area contributed by atoms with Crippen molar-refractivity contribution in [3.05, 3.63) is 11.5 Å². The van der Waals surface area contributed by atoms with Crippen LogP contribution in [0.3, 0.4) is 0 Å². The molecule has 0 aromatic rings. The number of carboxylic acid groups (broad SMARTS) is 1. The van der Waals surface area contributed by atoms with Crippen LogP contribution in [0.25, 0.3) is 0 Å². The fourth-order valence-corrected chi connectivity index (χ4v) is 3.96. The summed E-state index contributed by atoms with van der Waals surface area (Å²) in [6.45, 7) is 0. The second-order valence-electron chi connectivity index (χ2n) is 4.65. The Morgan fingerprint density at radius 2 is 2.22 bits per heavy atom. The van der Waals surface area contributed by atoms with Crippen molar-refractivity contribution in [1.82, 2.24) is 10.2 Å². The summed E-state index contributed by atoms with van der Waals surface area (Å²) in [7, 11) is -3.94. The highest BCUT2D eigenvalue weighted by Gasteiger charge is 2.55. The summed E-state index contributed by atoms with van der Waals surface area (Å²) in [5, 5.41) is 19.3. The number of nitrogens with zero attached hydrogens (tertiary/aromatic N) is 2. The molecule has 2 N–H and O–H groups in total. The number of carboxylic acids is 1. The van der Waals surface area contributed by atoms with E-state index in [0.717, 1.165) is 22.9 Å². The molecule has 0 saturated carbocycles. The van der Waals surface area contributed by atoms with Crippen molar-refractivity contribution >= 4 is 39.7 Å². The molecular weight excluding hydrogens is 350 g/mol. The van der Waals surface area contributed by atoms with Crippen molar-refractivity contribution in [2.45, 2.75) is 17.8 Å². The second-order valence-corrected chi connectivity index (χ2v) is 7.33. The zero-order valence-corrected chi connectivity index (χ0v) is 13.3. The number of hydrogen-bond acceptors (Lipinski definition) is 8. The van der Waals surface area contributed by atoms with Gasteiger partial charge in [0.25, 0.3) is 5.91 Å². The number of nitrogens with one attached hydrogen (secondary N) is 1. The van der Waals surface area contributed by atoms with Crippen molar-refractivity contribution in [2.24, 2.45) is 0 Å². The average molecular weight is 361 g/mol. The Morgan fingerprint density at radius 3 is 2.74 bits per heavy atom. The summed E-state index contributed by atoms with van der Waals surface area (Å²) < 4.78 is 27.0. The molecule has 0 radical (unpaired) electrons. The lowest BCUT2D eigenvalue weighted by Gasteiger charge is -2.48. The number of fused-ring (bicyclic) bond motifs is 1. The van der Waals surface area contributed by atoms with Crippen LogP contribution in [0.4, 0.5) is 0 Å². The smallest absolute Gasteiger partial charge is 0.356 e. The van der Waals surface area contributed by atoms with Gasteiger partial charge in [0, 0.05) is 0 Å². The largest absolute Gasteiger partial charge is 0.476 e. The highest BCUT2D eigenvalue weighted by atomic mass is 32.2. The van der Waals surface area contributed by atoms with E-state index in [1.54, 1.807) is 6.07 Å². The number of carbonyl (C=O) groups is 3. The topological polar surface area (TPSA) is 154 Å². The Hall–Kier alpha value is -2.26. The molecule has 0 aromatic carbocycles.